The minimum atomic E-state index is -1.93. The number of carboxylic acids is 1. The highest BCUT2D eigenvalue weighted by Gasteiger charge is 2.62. The second kappa shape index (κ2) is 6.95. The van der Waals surface area contributed by atoms with Crippen molar-refractivity contribution in [2.45, 2.75) is 96.4 Å². The molecule has 0 radical (unpaired) electrons. The standard InChI is InChI=1S/C23H38O5/c1-21-11-10-18-16(17(21)9-7-14(21)4-3-5-20(25)26)8-6-15-12-23(27,28)19(24)13-22(15,18)2/h14-19,24,27-28H,3-13H2,1-2H3,(H,25,26)/t14-,15?,16?,17?,18?,19?,21+,22-/m0/s1. The maximum absolute atomic E-state index is 10.9. The molecule has 4 rings (SSSR count). The molecular weight excluding hydrogens is 356 g/mol. The molecule has 0 heterocycles. The molecule has 0 bridgehead atoms. The Labute approximate surface area is 168 Å². The Kier molecular flexibility index (Phi) is 5.12. The largest absolute Gasteiger partial charge is 0.481 e. The van der Waals surface area contributed by atoms with Crippen LogP contribution in [0.3, 0.4) is 0 Å². The van der Waals surface area contributed by atoms with Crippen molar-refractivity contribution in [2.24, 2.45) is 40.4 Å². The summed E-state index contributed by atoms with van der Waals surface area (Å²) < 4.78 is 0. The highest BCUT2D eigenvalue weighted by Crippen LogP contribution is 2.68. The lowest BCUT2D eigenvalue weighted by Crippen LogP contribution is -2.60. The molecular formula is C23H38O5. The zero-order chi connectivity index (χ0) is 20.3. The molecule has 4 aliphatic rings. The normalized spacial score (nSPS) is 49.8. The lowest BCUT2D eigenvalue weighted by Gasteiger charge is -2.62. The minimum absolute atomic E-state index is 0.0000173. The lowest BCUT2D eigenvalue weighted by atomic mass is 9.44. The molecule has 4 saturated carbocycles. The van der Waals surface area contributed by atoms with E-state index in [1.165, 1.54) is 25.7 Å². The average molecular weight is 395 g/mol. The molecule has 0 aromatic heterocycles. The minimum Gasteiger partial charge on any atom is -0.481 e. The Morgan fingerprint density at radius 1 is 0.964 bits per heavy atom. The molecule has 0 saturated heterocycles. The van der Waals surface area contributed by atoms with E-state index in [0.717, 1.165) is 25.7 Å². The fourth-order valence-corrected chi connectivity index (χ4v) is 8.35. The molecule has 4 N–H and O–H groups in total. The van der Waals surface area contributed by atoms with Gasteiger partial charge < -0.3 is 20.4 Å². The summed E-state index contributed by atoms with van der Waals surface area (Å²) in [5.41, 5.74) is 0.327. The number of carboxylic acid groups (broad SMARTS) is 1. The highest BCUT2D eigenvalue weighted by molar-refractivity contribution is 5.66. The average Bonchev–Trinajstić information content (AvgIpc) is 2.93. The van der Waals surface area contributed by atoms with E-state index in [0.29, 0.717) is 41.9 Å². The Morgan fingerprint density at radius 2 is 1.68 bits per heavy atom. The zero-order valence-electron chi connectivity index (χ0n) is 17.4. The first-order chi connectivity index (χ1) is 13.1. The third-order valence-electron chi connectivity index (χ3n) is 9.92. The van der Waals surface area contributed by atoms with Gasteiger partial charge in [-0.25, -0.2) is 0 Å². The van der Waals surface area contributed by atoms with Crippen molar-refractivity contribution in [1.82, 2.24) is 0 Å². The van der Waals surface area contributed by atoms with Gasteiger partial charge in [0.2, 0.25) is 0 Å². The number of hydrogen-bond donors (Lipinski definition) is 4. The summed E-state index contributed by atoms with van der Waals surface area (Å²) >= 11 is 0. The number of carbonyl (C=O) groups is 1. The molecule has 8 atom stereocenters. The second-order valence-electron chi connectivity index (χ2n) is 11.1. The SMILES string of the molecule is C[C@]12CC(O)C(O)(O)CC1CCC1C2CC[C@@]2(C)C1CC[C@@H]2CCCC(=O)O. The van der Waals surface area contributed by atoms with Crippen molar-refractivity contribution in [2.75, 3.05) is 0 Å². The van der Waals surface area contributed by atoms with Crippen LogP contribution in [0.4, 0.5) is 0 Å². The molecule has 0 amide bonds. The number of aliphatic hydroxyl groups excluding tert-OH is 1. The van der Waals surface area contributed by atoms with E-state index in [1.807, 2.05) is 0 Å². The van der Waals surface area contributed by atoms with Crippen molar-refractivity contribution in [3.63, 3.8) is 0 Å². The zero-order valence-corrected chi connectivity index (χ0v) is 17.4. The quantitative estimate of drug-likeness (QED) is 0.547. The topological polar surface area (TPSA) is 98.0 Å². The predicted molar refractivity (Wildman–Crippen MR) is 105 cm³/mol. The van der Waals surface area contributed by atoms with Gasteiger partial charge in [-0.2, -0.15) is 0 Å². The monoisotopic (exact) mass is 394 g/mol. The van der Waals surface area contributed by atoms with Crippen LogP contribution in [0.15, 0.2) is 0 Å². The van der Waals surface area contributed by atoms with Crippen LogP contribution in [0.2, 0.25) is 0 Å². The fraction of sp³-hybridized carbons (Fsp3) is 0.957. The van der Waals surface area contributed by atoms with Gasteiger partial charge in [-0.15, -0.1) is 0 Å². The maximum Gasteiger partial charge on any atom is 0.303 e. The molecule has 4 aliphatic carbocycles. The van der Waals surface area contributed by atoms with Gasteiger partial charge >= 0.3 is 5.97 Å². The molecule has 160 valence electrons. The molecule has 5 heteroatoms. The van der Waals surface area contributed by atoms with Crippen molar-refractivity contribution >= 4 is 5.97 Å². The van der Waals surface area contributed by atoms with Crippen molar-refractivity contribution in [3.8, 4) is 0 Å². The Bertz CT molecular complexity index is 618. The van der Waals surface area contributed by atoms with Crippen LogP contribution >= 0.6 is 0 Å². The smallest absolute Gasteiger partial charge is 0.303 e. The first-order valence-electron chi connectivity index (χ1n) is 11.4. The van der Waals surface area contributed by atoms with Crippen molar-refractivity contribution < 1.29 is 25.2 Å². The Balaban J connectivity index is 1.50. The number of aliphatic carboxylic acids is 1. The van der Waals surface area contributed by atoms with Gasteiger partial charge in [-0.05, 0) is 98.2 Å². The highest BCUT2D eigenvalue weighted by atomic mass is 16.5. The molecule has 5 unspecified atom stereocenters. The second-order valence-corrected chi connectivity index (χ2v) is 11.1. The van der Waals surface area contributed by atoms with Crippen molar-refractivity contribution in [1.29, 1.82) is 0 Å². The van der Waals surface area contributed by atoms with Crippen LogP contribution in [-0.2, 0) is 4.79 Å². The molecule has 28 heavy (non-hydrogen) atoms. The van der Waals surface area contributed by atoms with Crippen LogP contribution in [-0.4, -0.2) is 38.3 Å². The summed E-state index contributed by atoms with van der Waals surface area (Å²) in [5, 5.41) is 39.8. The van der Waals surface area contributed by atoms with Gasteiger partial charge in [0.1, 0.15) is 6.10 Å². The van der Waals surface area contributed by atoms with Gasteiger partial charge in [0, 0.05) is 12.8 Å². The Morgan fingerprint density at radius 3 is 2.39 bits per heavy atom. The lowest BCUT2D eigenvalue weighted by molar-refractivity contribution is -0.284. The van der Waals surface area contributed by atoms with E-state index >= 15 is 0 Å². The van der Waals surface area contributed by atoms with E-state index in [9.17, 15) is 20.1 Å². The van der Waals surface area contributed by atoms with Crippen LogP contribution in [0.25, 0.3) is 0 Å². The molecule has 4 fully saturated rings. The summed E-state index contributed by atoms with van der Waals surface area (Å²) in [7, 11) is 0. The first-order valence-corrected chi connectivity index (χ1v) is 11.4. The summed E-state index contributed by atoms with van der Waals surface area (Å²) in [6.07, 6.45) is 8.89. The van der Waals surface area contributed by atoms with E-state index in [4.69, 9.17) is 5.11 Å². The van der Waals surface area contributed by atoms with Crippen molar-refractivity contribution in [3.05, 3.63) is 0 Å². The summed E-state index contributed by atoms with van der Waals surface area (Å²) in [5.74, 6) is 0.241. The number of fused-ring (bicyclic) bond motifs is 5. The molecule has 5 nitrogen and oxygen atoms in total. The number of rotatable bonds is 4. The van der Waals surface area contributed by atoms with E-state index in [-0.39, 0.29) is 17.8 Å². The maximum atomic E-state index is 10.9. The van der Waals surface area contributed by atoms with Gasteiger partial charge in [0.15, 0.2) is 5.79 Å². The van der Waals surface area contributed by atoms with Gasteiger partial charge in [0.25, 0.3) is 0 Å². The van der Waals surface area contributed by atoms with Gasteiger partial charge in [-0.3, -0.25) is 4.79 Å². The predicted octanol–water partition coefficient (Wildman–Crippen LogP) is 3.55. The number of hydrogen-bond acceptors (Lipinski definition) is 4. The van der Waals surface area contributed by atoms with Crippen LogP contribution < -0.4 is 0 Å². The van der Waals surface area contributed by atoms with E-state index in [1.54, 1.807) is 0 Å². The molecule has 0 aliphatic heterocycles. The van der Waals surface area contributed by atoms with Gasteiger partial charge in [0.05, 0.1) is 0 Å². The van der Waals surface area contributed by atoms with E-state index in [2.05, 4.69) is 13.8 Å². The Hall–Kier alpha value is -0.650. The van der Waals surface area contributed by atoms with Crippen LogP contribution in [0, 0.1) is 40.4 Å². The summed E-state index contributed by atoms with van der Waals surface area (Å²) in [6, 6.07) is 0. The fourth-order valence-electron chi connectivity index (χ4n) is 8.35. The molecule has 0 spiro atoms. The molecule has 0 aromatic rings. The summed E-state index contributed by atoms with van der Waals surface area (Å²) in [4.78, 5) is 10.9. The number of aliphatic hydroxyl groups is 3. The first kappa shape index (κ1) is 20.6. The molecule has 0 aromatic carbocycles. The van der Waals surface area contributed by atoms with Crippen LogP contribution in [0.1, 0.15) is 84.5 Å². The summed E-state index contributed by atoms with van der Waals surface area (Å²) in [6.45, 7) is 4.76. The van der Waals surface area contributed by atoms with E-state index < -0.39 is 17.9 Å². The van der Waals surface area contributed by atoms with Gasteiger partial charge in [-0.1, -0.05) is 13.8 Å². The third-order valence-corrected chi connectivity index (χ3v) is 9.92. The third kappa shape index (κ3) is 3.13. The van der Waals surface area contributed by atoms with Crippen LogP contribution in [0.5, 0.6) is 0 Å².